The maximum absolute atomic E-state index is 12.9. The minimum atomic E-state index is -4.28. The lowest BCUT2D eigenvalue weighted by Gasteiger charge is -2.38. The van der Waals surface area contributed by atoms with Gasteiger partial charge < -0.3 is 4.90 Å². The first-order chi connectivity index (χ1) is 12.0. The van der Waals surface area contributed by atoms with Crippen LogP contribution in [-0.4, -0.2) is 37.6 Å². The highest BCUT2D eigenvalue weighted by Gasteiger charge is 2.31. The van der Waals surface area contributed by atoms with Gasteiger partial charge in [-0.1, -0.05) is 31.6 Å². The minimum absolute atomic E-state index is 0.563. The molecule has 0 aromatic heterocycles. The van der Waals surface area contributed by atoms with E-state index < -0.39 is 11.7 Å². The molecular weight excluding hydrogens is 325 g/mol. The van der Waals surface area contributed by atoms with Gasteiger partial charge in [0.05, 0.1) is 5.56 Å². The minimum Gasteiger partial charge on any atom is -0.369 e. The number of hydrogen-bond acceptors (Lipinski definition) is 2. The highest BCUT2D eigenvalue weighted by Crippen LogP contribution is 2.32. The predicted molar refractivity (Wildman–Crippen MR) is 95.7 cm³/mol. The van der Waals surface area contributed by atoms with Crippen LogP contribution in [0.5, 0.6) is 0 Å². The number of alkyl halides is 3. The summed E-state index contributed by atoms with van der Waals surface area (Å²) in [6.07, 6.45) is 4.03. The maximum atomic E-state index is 12.9. The van der Waals surface area contributed by atoms with Crippen molar-refractivity contribution in [2.45, 2.75) is 32.4 Å². The van der Waals surface area contributed by atoms with Gasteiger partial charge in [0.1, 0.15) is 0 Å². The third kappa shape index (κ3) is 4.57. The van der Waals surface area contributed by atoms with Gasteiger partial charge in [0.2, 0.25) is 0 Å². The third-order valence-electron chi connectivity index (χ3n) is 5.58. The van der Waals surface area contributed by atoms with Crippen LogP contribution in [0.2, 0.25) is 0 Å². The van der Waals surface area contributed by atoms with Crippen molar-refractivity contribution in [3.8, 4) is 0 Å². The summed E-state index contributed by atoms with van der Waals surface area (Å²) in [6.45, 7) is 6.78. The van der Waals surface area contributed by atoms with Crippen molar-refractivity contribution in [3.63, 3.8) is 0 Å². The molecule has 2 nitrogen and oxygen atoms in total. The van der Waals surface area contributed by atoms with E-state index in [1.165, 1.54) is 31.4 Å². The van der Waals surface area contributed by atoms with Gasteiger partial charge in [0, 0.05) is 38.4 Å². The number of anilines is 1. The summed E-state index contributed by atoms with van der Waals surface area (Å²) in [5.74, 6) is 1.39. The Hall–Kier alpha value is -1.49. The molecule has 1 aliphatic carbocycles. The van der Waals surface area contributed by atoms with Crippen molar-refractivity contribution >= 4 is 5.69 Å². The Morgan fingerprint density at radius 1 is 1.16 bits per heavy atom. The molecule has 1 aromatic rings. The van der Waals surface area contributed by atoms with Crippen molar-refractivity contribution in [1.29, 1.82) is 0 Å². The van der Waals surface area contributed by atoms with Gasteiger partial charge >= 0.3 is 6.18 Å². The van der Waals surface area contributed by atoms with Crippen molar-refractivity contribution in [2.24, 2.45) is 11.8 Å². The number of allylic oxidation sites excluding steroid dienone is 2. The predicted octanol–water partition coefficient (Wildman–Crippen LogP) is 4.82. The van der Waals surface area contributed by atoms with Crippen LogP contribution < -0.4 is 4.90 Å². The first kappa shape index (κ1) is 18.3. The zero-order chi connectivity index (χ0) is 17.9. The summed E-state index contributed by atoms with van der Waals surface area (Å²) in [5, 5.41) is 0. The maximum Gasteiger partial charge on any atom is 0.416 e. The fourth-order valence-electron chi connectivity index (χ4n) is 4.02. The molecular formula is C20H27F3N2. The zero-order valence-electron chi connectivity index (χ0n) is 14.8. The summed E-state index contributed by atoms with van der Waals surface area (Å²) in [4.78, 5) is 4.55. The molecule has 0 bridgehead atoms. The molecule has 3 rings (SSSR count). The molecule has 1 saturated heterocycles. The fourth-order valence-corrected chi connectivity index (χ4v) is 4.02. The Kier molecular flexibility index (Phi) is 5.72. The summed E-state index contributed by atoms with van der Waals surface area (Å²) >= 11 is 0. The van der Waals surface area contributed by atoms with Gasteiger partial charge in [-0.2, -0.15) is 13.2 Å². The number of benzene rings is 1. The number of halogens is 3. The van der Waals surface area contributed by atoms with Crippen LogP contribution in [0, 0.1) is 11.8 Å². The van der Waals surface area contributed by atoms with E-state index in [1.54, 1.807) is 6.07 Å². The molecule has 5 heteroatoms. The molecule has 2 unspecified atom stereocenters. The molecule has 0 N–H and O–H groups in total. The first-order valence-corrected chi connectivity index (χ1v) is 9.28. The summed E-state index contributed by atoms with van der Waals surface area (Å²) in [7, 11) is 0. The molecule has 25 heavy (non-hydrogen) atoms. The van der Waals surface area contributed by atoms with E-state index in [0.717, 1.165) is 38.8 Å². The monoisotopic (exact) mass is 352 g/mol. The van der Waals surface area contributed by atoms with Gasteiger partial charge in [-0.3, -0.25) is 4.90 Å². The molecule has 1 fully saturated rings. The average molecular weight is 352 g/mol. The Morgan fingerprint density at radius 3 is 2.52 bits per heavy atom. The smallest absolute Gasteiger partial charge is 0.369 e. The molecule has 0 amide bonds. The Morgan fingerprint density at radius 2 is 1.92 bits per heavy atom. The average Bonchev–Trinajstić information content (AvgIpc) is 3.14. The standard InChI is InChI=1S/C20H27F3N2/c1-2-16(17-6-3-4-7-17)15-24-10-12-25(13-11-24)19-9-5-8-18(14-19)20(21,22)23/h3,5-6,8-9,14,16-17H,2,4,7,10-13,15H2,1H3. The molecule has 138 valence electrons. The first-order valence-electron chi connectivity index (χ1n) is 9.28. The second-order valence-electron chi connectivity index (χ2n) is 7.17. The van der Waals surface area contributed by atoms with Crippen LogP contribution in [0.25, 0.3) is 0 Å². The third-order valence-corrected chi connectivity index (χ3v) is 5.58. The molecule has 2 aliphatic rings. The van der Waals surface area contributed by atoms with Gasteiger partial charge in [-0.15, -0.1) is 0 Å². The molecule has 1 heterocycles. The van der Waals surface area contributed by atoms with E-state index in [4.69, 9.17) is 0 Å². The van der Waals surface area contributed by atoms with E-state index in [0.29, 0.717) is 17.5 Å². The molecule has 0 spiro atoms. The van der Waals surface area contributed by atoms with Crippen LogP contribution in [0.1, 0.15) is 31.7 Å². The van der Waals surface area contributed by atoms with E-state index in [2.05, 4.69) is 28.9 Å². The molecule has 1 aliphatic heterocycles. The fraction of sp³-hybridized carbons (Fsp3) is 0.600. The van der Waals surface area contributed by atoms with Crippen molar-refractivity contribution < 1.29 is 13.2 Å². The Bertz CT molecular complexity index is 589. The lowest BCUT2D eigenvalue weighted by atomic mass is 9.89. The van der Waals surface area contributed by atoms with Crippen LogP contribution in [0.4, 0.5) is 18.9 Å². The van der Waals surface area contributed by atoms with E-state index >= 15 is 0 Å². The van der Waals surface area contributed by atoms with Gasteiger partial charge in [0.15, 0.2) is 0 Å². The van der Waals surface area contributed by atoms with Crippen LogP contribution in [0.3, 0.4) is 0 Å². The largest absolute Gasteiger partial charge is 0.416 e. The Balaban J connectivity index is 1.56. The highest BCUT2D eigenvalue weighted by atomic mass is 19.4. The quantitative estimate of drug-likeness (QED) is 0.701. The summed E-state index contributed by atoms with van der Waals surface area (Å²) in [6, 6.07) is 5.70. The van der Waals surface area contributed by atoms with Crippen LogP contribution in [-0.2, 0) is 6.18 Å². The SMILES string of the molecule is CCC(CN1CCN(c2cccc(C(F)(F)F)c2)CC1)C1C=CCC1. The topological polar surface area (TPSA) is 6.48 Å². The number of hydrogen-bond donors (Lipinski definition) is 0. The van der Waals surface area contributed by atoms with Gasteiger partial charge in [0.25, 0.3) is 0 Å². The van der Waals surface area contributed by atoms with Gasteiger partial charge in [-0.05, 0) is 42.9 Å². The van der Waals surface area contributed by atoms with Crippen molar-refractivity contribution in [2.75, 3.05) is 37.6 Å². The van der Waals surface area contributed by atoms with E-state index in [1.807, 2.05) is 0 Å². The lowest BCUT2D eigenvalue weighted by molar-refractivity contribution is -0.137. The molecule has 1 aromatic carbocycles. The highest BCUT2D eigenvalue weighted by molar-refractivity contribution is 5.49. The summed E-state index contributed by atoms with van der Waals surface area (Å²) < 4.78 is 38.7. The lowest BCUT2D eigenvalue weighted by Crippen LogP contribution is -2.48. The second-order valence-corrected chi connectivity index (χ2v) is 7.17. The Labute approximate surface area is 148 Å². The number of rotatable bonds is 5. The van der Waals surface area contributed by atoms with Crippen LogP contribution in [0.15, 0.2) is 36.4 Å². The molecule has 0 radical (unpaired) electrons. The molecule has 2 atom stereocenters. The second kappa shape index (κ2) is 7.81. The number of piperazine rings is 1. The van der Waals surface area contributed by atoms with Crippen molar-refractivity contribution in [3.05, 3.63) is 42.0 Å². The van der Waals surface area contributed by atoms with Crippen LogP contribution >= 0.6 is 0 Å². The number of nitrogens with zero attached hydrogens (tertiary/aromatic N) is 2. The summed E-state index contributed by atoms with van der Waals surface area (Å²) in [5.41, 5.74) is 0.117. The normalized spacial score (nSPS) is 23.2. The zero-order valence-corrected chi connectivity index (χ0v) is 14.8. The van der Waals surface area contributed by atoms with Crippen molar-refractivity contribution in [1.82, 2.24) is 4.90 Å². The van der Waals surface area contributed by atoms with Gasteiger partial charge in [-0.25, -0.2) is 0 Å². The van der Waals surface area contributed by atoms with E-state index in [9.17, 15) is 13.2 Å². The van der Waals surface area contributed by atoms with E-state index in [-0.39, 0.29) is 0 Å². The molecule has 0 saturated carbocycles.